The Morgan fingerprint density at radius 1 is 1.04 bits per heavy atom. The number of esters is 1. The highest BCUT2D eigenvalue weighted by Crippen LogP contribution is 2.48. The molecule has 10 heteroatoms. The smallest absolute Gasteiger partial charge is 0.407 e. The second-order valence-electron chi connectivity index (χ2n) is 12.4. The molecule has 4 aromatic carbocycles. The summed E-state index contributed by atoms with van der Waals surface area (Å²) in [5, 5.41) is 6.84. The molecule has 0 unspecified atom stereocenters. The average molecular weight is 610 g/mol. The number of carbonyl (C=O) groups excluding carboxylic acids is 2. The molecule has 5 aromatic rings. The van der Waals surface area contributed by atoms with Crippen LogP contribution in [0.5, 0.6) is 11.5 Å². The standard InChI is InChI=1S/C35H32FN3O6/c1-5-43-33(41)25-18-39-27-14-20-11-10-19-8-6-7-9-22(19)23(20)16-28(27)44-32-29(39)24(31(25)40)15-26(36)30(32)38-13-12-21(17-38)37-34(42)45-35(2,3)4/h6-11,14-16,18,21H,5,12-13,17H2,1-4H3,(H,37,42)/t21-/m1/s1. The fourth-order valence-electron chi connectivity index (χ4n) is 6.31. The van der Waals surface area contributed by atoms with Crippen LogP contribution in [0.15, 0.2) is 65.6 Å². The molecule has 0 bridgehead atoms. The lowest BCUT2D eigenvalue weighted by Gasteiger charge is -2.29. The van der Waals surface area contributed by atoms with E-state index < -0.39 is 28.9 Å². The summed E-state index contributed by atoms with van der Waals surface area (Å²) in [6, 6.07) is 16.8. The van der Waals surface area contributed by atoms with E-state index in [2.05, 4.69) is 5.32 Å². The molecule has 1 saturated heterocycles. The largest absolute Gasteiger partial charge is 0.462 e. The summed E-state index contributed by atoms with van der Waals surface area (Å²) in [6.07, 6.45) is 1.47. The quantitative estimate of drug-likeness (QED) is 0.173. The average Bonchev–Trinajstić information content (AvgIpc) is 3.44. The molecule has 2 aliphatic heterocycles. The van der Waals surface area contributed by atoms with Crippen LogP contribution in [-0.4, -0.2) is 48.0 Å². The number of alkyl carbamates (subject to hydrolysis) is 1. The number of hydrogen-bond acceptors (Lipinski definition) is 7. The number of nitrogens with one attached hydrogen (secondary N) is 1. The van der Waals surface area contributed by atoms with Crippen molar-refractivity contribution in [3.8, 4) is 17.2 Å². The fraction of sp³-hybridized carbons (Fsp3) is 0.286. The number of rotatable bonds is 4. The Morgan fingerprint density at radius 3 is 2.60 bits per heavy atom. The summed E-state index contributed by atoms with van der Waals surface area (Å²) in [5.74, 6) is -0.840. The van der Waals surface area contributed by atoms with Crippen molar-refractivity contribution in [1.82, 2.24) is 9.88 Å². The van der Waals surface area contributed by atoms with Crippen molar-refractivity contribution in [1.29, 1.82) is 0 Å². The third-order valence-corrected chi connectivity index (χ3v) is 8.19. The molecule has 0 radical (unpaired) electrons. The number of pyridine rings is 1. The molecule has 1 N–H and O–H groups in total. The highest BCUT2D eigenvalue weighted by molar-refractivity contribution is 6.09. The molecule has 1 atom stereocenters. The molecule has 1 amide bonds. The van der Waals surface area contributed by atoms with Gasteiger partial charge in [0.05, 0.1) is 23.7 Å². The normalized spacial score (nSPS) is 15.7. The molecule has 0 aliphatic carbocycles. The number of anilines is 1. The van der Waals surface area contributed by atoms with E-state index >= 15 is 4.39 Å². The van der Waals surface area contributed by atoms with Gasteiger partial charge in [-0.25, -0.2) is 14.0 Å². The SMILES string of the molecule is CCOC(=O)c1cn2c3c(c(N4CC[C@@H](NC(=O)OC(C)(C)C)C4)c(F)cc3c1=O)Oc1cc3c(ccc4ccccc43)cc1-2. The lowest BCUT2D eigenvalue weighted by atomic mass is 9.99. The summed E-state index contributed by atoms with van der Waals surface area (Å²) in [5.41, 5.74) is -0.366. The van der Waals surface area contributed by atoms with Gasteiger partial charge in [0.2, 0.25) is 5.43 Å². The second-order valence-corrected chi connectivity index (χ2v) is 12.4. The molecule has 45 heavy (non-hydrogen) atoms. The number of halogens is 1. The summed E-state index contributed by atoms with van der Waals surface area (Å²) in [7, 11) is 0. The topological polar surface area (TPSA) is 99.1 Å². The molecular formula is C35H32FN3O6. The van der Waals surface area contributed by atoms with Gasteiger partial charge in [-0.05, 0) is 73.9 Å². The van der Waals surface area contributed by atoms with Crippen molar-refractivity contribution < 1.29 is 28.2 Å². The van der Waals surface area contributed by atoms with Gasteiger partial charge in [0.25, 0.3) is 0 Å². The molecular weight excluding hydrogens is 577 g/mol. The number of hydrogen-bond donors (Lipinski definition) is 1. The van der Waals surface area contributed by atoms with Gasteiger partial charge in [0, 0.05) is 19.3 Å². The number of carbonyl (C=O) groups is 2. The third-order valence-electron chi connectivity index (χ3n) is 8.19. The fourth-order valence-corrected chi connectivity index (χ4v) is 6.31. The summed E-state index contributed by atoms with van der Waals surface area (Å²) in [4.78, 5) is 40.8. The first-order valence-electron chi connectivity index (χ1n) is 15.0. The molecule has 1 aromatic heterocycles. The van der Waals surface area contributed by atoms with Crippen LogP contribution in [0.4, 0.5) is 14.9 Å². The number of ether oxygens (including phenoxy) is 3. The number of nitrogens with zero attached hydrogens (tertiary/aromatic N) is 2. The van der Waals surface area contributed by atoms with E-state index in [0.29, 0.717) is 36.5 Å². The van der Waals surface area contributed by atoms with Gasteiger partial charge in [0.15, 0.2) is 17.3 Å². The molecule has 0 spiro atoms. The summed E-state index contributed by atoms with van der Waals surface area (Å²) in [6.45, 7) is 7.84. The van der Waals surface area contributed by atoms with Crippen LogP contribution >= 0.6 is 0 Å². The van der Waals surface area contributed by atoms with Crippen LogP contribution in [0.3, 0.4) is 0 Å². The highest BCUT2D eigenvalue weighted by atomic mass is 19.1. The van der Waals surface area contributed by atoms with Gasteiger partial charge in [-0.15, -0.1) is 0 Å². The first kappa shape index (κ1) is 28.6. The predicted octanol–water partition coefficient (Wildman–Crippen LogP) is 6.82. The van der Waals surface area contributed by atoms with Crippen molar-refractivity contribution in [3.05, 3.63) is 82.4 Å². The second kappa shape index (κ2) is 10.5. The van der Waals surface area contributed by atoms with E-state index in [4.69, 9.17) is 14.2 Å². The van der Waals surface area contributed by atoms with Crippen LogP contribution in [0.1, 0.15) is 44.5 Å². The van der Waals surface area contributed by atoms with Crippen LogP contribution in [0.25, 0.3) is 38.1 Å². The van der Waals surface area contributed by atoms with Gasteiger partial charge in [-0.1, -0.05) is 36.4 Å². The number of amides is 1. The highest BCUT2D eigenvalue weighted by Gasteiger charge is 2.34. The predicted molar refractivity (Wildman–Crippen MR) is 171 cm³/mol. The Bertz CT molecular complexity index is 2120. The van der Waals surface area contributed by atoms with E-state index in [9.17, 15) is 14.4 Å². The summed E-state index contributed by atoms with van der Waals surface area (Å²) >= 11 is 0. The first-order chi connectivity index (χ1) is 21.5. The van der Waals surface area contributed by atoms with Gasteiger partial charge in [-0.3, -0.25) is 4.79 Å². The zero-order valence-electron chi connectivity index (χ0n) is 25.4. The molecule has 0 saturated carbocycles. The van der Waals surface area contributed by atoms with Crippen LogP contribution < -0.4 is 20.4 Å². The minimum absolute atomic E-state index is 0.00342. The van der Waals surface area contributed by atoms with Gasteiger partial charge < -0.3 is 29.0 Å². The lowest BCUT2D eigenvalue weighted by molar-refractivity contribution is 0.0503. The van der Waals surface area contributed by atoms with Crippen molar-refractivity contribution in [2.45, 2.75) is 45.8 Å². The molecule has 2 aliphatic rings. The van der Waals surface area contributed by atoms with Crippen LogP contribution in [0, 0.1) is 5.82 Å². The maximum atomic E-state index is 16.2. The zero-order chi connectivity index (χ0) is 31.6. The van der Waals surface area contributed by atoms with Crippen LogP contribution in [-0.2, 0) is 9.47 Å². The van der Waals surface area contributed by atoms with Crippen molar-refractivity contribution in [2.75, 3.05) is 24.6 Å². The van der Waals surface area contributed by atoms with Crippen molar-refractivity contribution >= 4 is 50.2 Å². The Morgan fingerprint density at radius 2 is 1.82 bits per heavy atom. The van der Waals surface area contributed by atoms with E-state index in [0.717, 1.165) is 27.6 Å². The summed E-state index contributed by atoms with van der Waals surface area (Å²) < 4.78 is 35.1. The zero-order valence-corrected chi connectivity index (χ0v) is 25.4. The first-order valence-corrected chi connectivity index (χ1v) is 15.0. The third kappa shape index (κ3) is 4.90. The van der Waals surface area contributed by atoms with E-state index in [1.165, 1.54) is 6.20 Å². The van der Waals surface area contributed by atoms with E-state index in [1.54, 1.807) is 32.3 Å². The Labute approximate surface area is 258 Å². The molecule has 1 fully saturated rings. The monoisotopic (exact) mass is 609 g/mol. The maximum absolute atomic E-state index is 16.2. The van der Waals surface area contributed by atoms with Crippen molar-refractivity contribution in [3.63, 3.8) is 0 Å². The molecule has 3 heterocycles. The maximum Gasteiger partial charge on any atom is 0.407 e. The minimum Gasteiger partial charge on any atom is -0.462 e. The van der Waals surface area contributed by atoms with Gasteiger partial charge >= 0.3 is 12.1 Å². The Kier molecular flexibility index (Phi) is 6.68. The number of aromatic nitrogens is 1. The van der Waals surface area contributed by atoms with Gasteiger partial charge in [0.1, 0.15) is 22.4 Å². The Balaban J connectivity index is 1.41. The number of fused-ring (bicyclic) bond motifs is 5. The molecule has 7 rings (SSSR count). The van der Waals surface area contributed by atoms with Crippen molar-refractivity contribution in [2.24, 2.45) is 0 Å². The Hall–Kier alpha value is -5.12. The minimum atomic E-state index is -0.783. The van der Waals surface area contributed by atoms with E-state index in [1.807, 2.05) is 53.4 Å². The van der Waals surface area contributed by atoms with Crippen LogP contribution in [0.2, 0.25) is 0 Å². The molecule has 230 valence electrons. The molecule has 9 nitrogen and oxygen atoms in total. The lowest BCUT2D eigenvalue weighted by Crippen LogP contribution is -2.40. The number of benzene rings is 4. The van der Waals surface area contributed by atoms with Gasteiger partial charge in [-0.2, -0.15) is 0 Å². The van der Waals surface area contributed by atoms with E-state index in [-0.39, 0.29) is 35.0 Å².